The third-order valence-corrected chi connectivity index (χ3v) is 2.51. The number of fused-ring (bicyclic) bond motifs is 1. The lowest BCUT2D eigenvalue weighted by molar-refractivity contribution is -0.136. The number of nitriles is 1. The Hall–Kier alpha value is -2.35. The SMILES string of the molecule is Cc1ccc2nc(CC(=O)O)c(CC#N)n2c1. The third kappa shape index (κ3) is 2.11. The highest BCUT2D eigenvalue weighted by Crippen LogP contribution is 2.15. The fourth-order valence-corrected chi connectivity index (χ4v) is 1.80. The van der Waals surface area contributed by atoms with Gasteiger partial charge in [-0.2, -0.15) is 5.26 Å². The molecule has 0 spiro atoms. The van der Waals surface area contributed by atoms with Gasteiger partial charge in [0.15, 0.2) is 0 Å². The lowest BCUT2D eigenvalue weighted by atomic mass is 10.2. The van der Waals surface area contributed by atoms with Crippen molar-refractivity contribution in [2.45, 2.75) is 19.8 Å². The van der Waals surface area contributed by atoms with Gasteiger partial charge >= 0.3 is 5.97 Å². The molecule has 0 aromatic carbocycles. The number of aryl methyl sites for hydroxylation is 1. The van der Waals surface area contributed by atoms with Crippen molar-refractivity contribution in [3.8, 4) is 6.07 Å². The van der Waals surface area contributed by atoms with Gasteiger partial charge in [0.25, 0.3) is 0 Å². The van der Waals surface area contributed by atoms with E-state index in [9.17, 15) is 4.79 Å². The van der Waals surface area contributed by atoms with Crippen molar-refractivity contribution < 1.29 is 9.90 Å². The van der Waals surface area contributed by atoms with E-state index in [1.807, 2.05) is 31.3 Å². The average molecular weight is 229 g/mol. The molecule has 0 saturated carbocycles. The molecule has 2 aromatic heterocycles. The van der Waals surface area contributed by atoms with Gasteiger partial charge in [0.1, 0.15) is 5.65 Å². The molecule has 0 fully saturated rings. The zero-order chi connectivity index (χ0) is 12.4. The fourth-order valence-electron chi connectivity index (χ4n) is 1.80. The van der Waals surface area contributed by atoms with Crippen LogP contribution >= 0.6 is 0 Å². The molecule has 2 aromatic rings. The van der Waals surface area contributed by atoms with Crippen molar-refractivity contribution in [2.24, 2.45) is 0 Å². The Kier molecular flexibility index (Phi) is 2.79. The van der Waals surface area contributed by atoms with Crippen molar-refractivity contribution in [1.29, 1.82) is 5.26 Å². The molecule has 2 rings (SSSR count). The van der Waals surface area contributed by atoms with E-state index in [0.29, 0.717) is 17.0 Å². The van der Waals surface area contributed by atoms with Crippen LogP contribution in [0.1, 0.15) is 17.0 Å². The summed E-state index contributed by atoms with van der Waals surface area (Å²) < 4.78 is 1.79. The van der Waals surface area contributed by atoms with E-state index in [4.69, 9.17) is 10.4 Å². The zero-order valence-corrected chi connectivity index (χ0v) is 9.34. The molecule has 0 aliphatic rings. The summed E-state index contributed by atoms with van der Waals surface area (Å²) in [6.45, 7) is 1.94. The van der Waals surface area contributed by atoms with Crippen molar-refractivity contribution in [3.05, 3.63) is 35.3 Å². The lowest BCUT2D eigenvalue weighted by Crippen LogP contribution is -2.04. The number of aliphatic carboxylic acids is 1. The first-order valence-corrected chi connectivity index (χ1v) is 5.17. The van der Waals surface area contributed by atoms with Crippen LogP contribution in [0.2, 0.25) is 0 Å². The van der Waals surface area contributed by atoms with Crippen molar-refractivity contribution in [2.75, 3.05) is 0 Å². The summed E-state index contributed by atoms with van der Waals surface area (Å²) in [6, 6.07) is 5.77. The summed E-state index contributed by atoms with van der Waals surface area (Å²) in [7, 11) is 0. The van der Waals surface area contributed by atoms with Crippen LogP contribution in [0.15, 0.2) is 18.3 Å². The number of nitrogens with zero attached hydrogens (tertiary/aromatic N) is 3. The molecule has 0 radical (unpaired) electrons. The van der Waals surface area contributed by atoms with E-state index in [1.165, 1.54) is 0 Å². The number of aromatic nitrogens is 2. The maximum atomic E-state index is 10.7. The Morgan fingerprint density at radius 2 is 2.35 bits per heavy atom. The molecule has 0 amide bonds. The highest BCUT2D eigenvalue weighted by molar-refractivity contribution is 5.70. The number of carboxylic acid groups (broad SMARTS) is 1. The van der Waals surface area contributed by atoms with Gasteiger partial charge in [-0.15, -0.1) is 0 Å². The molecular formula is C12H11N3O2. The van der Waals surface area contributed by atoms with Crippen LogP contribution in [0.5, 0.6) is 0 Å². The van der Waals surface area contributed by atoms with Crippen molar-refractivity contribution in [1.82, 2.24) is 9.38 Å². The molecule has 0 atom stereocenters. The Morgan fingerprint density at radius 1 is 1.59 bits per heavy atom. The predicted octanol–water partition coefficient (Wildman–Crippen LogP) is 1.34. The van der Waals surface area contributed by atoms with Crippen LogP contribution in [0.25, 0.3) is 5.65 Å². The second-order valence-electron chi connectivity index (χ2n) is 3.85. The number of hydrogen-bond donors (Lipinski definition) is 1. The second kappa shape index (κ2) is 4.26. The summed E-state index contributed by atoms with van der Waals surface area (Å²) in [4.78, 5) is 15.0. The van der Waals surface area contributed by atoms with Crippen molar-refractivity contribution >= 4 is 11.6 Å². The van der Waals surface area contributed by atoms with Crippen LogP contribution < -0.4 is 0 Å². The largest absolute Gasteiger partial charge is 0.481 e. The third-order valence-electron chi connectivity index (χ3n) is 2.51. The molecule has 0 unspecified atom stereocenters. The van der Waals surface area contributed by atoms with E-state index in [0.717, 1.165) is 5.56 Å². The summed E-state index contributed by atoms with van der Waals surface area (Å²) in [5.74, 6) is -0.940. The Balaban J connectivity index is 2.63. The minimum Gasteiger partial charge on any atom is -0.481 e. The maximum Gasteiger partial charge on any atom is 0.309 e. The number of carbonyl (C=O) groups is 1. The van der Waals surface area contributed by atoms with Gasteiger partial charge in [-0.05, 0) is 18.6 Å². The quantitative estimate of drug-likeness (QED) is 0.861. The predicted molar refractivity (Wildman–Crippen MR) is 60.6 cm³/mol. The molecule has 0 bridgehead atoms. The number of hydrogen-bond acceptors (Lipinski definition) is 3. The van der Waals surface area contributed by atoms with E-state index in [-0.39, 0.29) is 12.8 Å². The molecule has 86 valence electrons. The van der Waals surface area contributed by atoms with Gasteiger partial charge in [-0.25, -0.2) is 4.98 Å². The van der Waals surface area contributed by atoms with Crippen LogP contribution in [-0.4, -0.2) is 20.5 Å². The van der Waals surface area contributed by atoms with Gasteiger partial charge in [0, 0.05) is 6.20 Å². The van der Waals surface area contributed by atoms with Gasteiger partial charge in [0.05, 0.1) is 30.3 Å². The molecule has 0 aliphatic heterocycles. The molecule has 0 saturated heterocycles. The van der Waals surface area contributed by atoms with E-state index < -0.39 is 5.97 Å². The van der Waals surface area contributed by atoms with E-state index >= 15 is 0 Å². The lowest BCUT2D eigenvalue weighted by Gasteiger charge is -2.00. The summed E-state index contributed by atoms with van der Waals surface area (Å²) >= 11 is 0. The minimum absolute atomic E-state index is 0.155. The Labute approximate surface area is 97.9 Å². The van der Waals surface area contributed by atoms with Crippen LogP contribution in [0, 0.1) is 18.3 Å². The first-order valence-electron chi connectivity index (χ1n) is 5.17. The summed E-state index contributed by atoms with van der Waals surface area (Å²) in [5, 5.41) is 17.6. The van der Waals surface area contributed by atoms with Gasteiger partial charge < -0.3 is 9.51 Å². The smallest absolute Gasteiger partial charge is 0.309 e. The molecular weight excluding hydrogens is 218 g/mol. The fraction of sp³-hybridized carbons (Fsp3) is 0.250. The molecule has 2 heterocycles. The summed E-state index contributed by atoms with van der Waals surface area (Å²) in [6.07, 6.45) is 1.87. The molecule has 1 N–H and O–H groups in total. The number of rotatable bonds is 3. The number of carboxylic acids is 1. The topological polar surface area (TPSA) is 78.4 Å². The first kappa shape index (κ1) is 11.1. The van der Waals surface area contributed by atoms with Crippen LogP contribution in [0.4, 0.5) is 0 Å². The summed E-state index contributed by atoms with van der Waals surface area (Å²) in [5.41, 5.74) is 2.84. The molecule has 5 nitrogen and oxygen atoms in total. The van der Waals surface area contributed by atoms with E-state index in [2.05, 4.69) is 4.98 Å². The van der Waals surface area contributed by atoms with Gasteiger partial charge in [0.2, 0.25) is 0 Å². The first-order chi connectivity index (χ1) is 8.11. The highest BCUT2D eigenvalue weighted by atomic mass is 16.4. The monoisotopic (exact) mass is 229 g/mol. The Bertz CT molecular complexity index is 622. The van der Waals surface area contributed by atoms with Crippen molar-refractivity contribution in [3.63, 3.8) is 0 Å². The maximum absolute atomic E-state index is 10.7. The zero-order valence-electron chi connectivity index (χ0n) is 9.34. The second-order valence-corrected chi connectivity index (χ2v) is 3.85. The molecule has 17 heavy (non-hydrogen) atoms. The number of imidazole rings is 1. The van der Waals surface area contributed by atoms with E-state index in [1.54, 1.807) is 4.40 Å². The highest BCUT2D eigenvalue weighted by Gasteiger charge is 2.14. The van der Waals surface area contributed by atoms with Gasteiger partial charge in [-0.3, -0.25) is 4.79 Å². The normalized spacial score (nSPS) is 10.4. The average Bonchev–Trinajstić information content (AvgIpc) is 2.57. The number of pyridine rings is 1. The van der Waals surface area contributed by atoms with Gasteiger partial charge in [-0.1, -0.05) is 6.07 Å². The molecule has 0 aliphatic carbocycles. The minimum atomic E-state index is -0.940. The van der Waals surface area contributed by atoms with Crippen LogP contribution in [0.3, 0.4) is 0 Å². The Morgan fingerprint density at radius 3 is 3.00 bits per heavy atom. The van der Waals surface area contributed by atoms with Crippen LogP contribution in [-0.2, 0) is 17.6 Å². The molecule has 5 heteroatoms. The standard InChI is InChI=1S/C12H11N3O2/c1-8-2-3-11-14-9(6-12(16)17)10(4-5-13)15(11)7-8/h2-3,7H,4,6H2,1H3,(H,16,17).